The molecule has 0 unspecified atom stereocenters. The van der Waals surface area contributed by atoms with E-state index in [1.807, 2.05) is 6.07 Å². The van der Waals surface area contributed by atoms with Crippen LogP contribution < -0.4 is 0 Å². The summed E-state index contributed by atoms with van der Waals surface area (Å²) in [6.07, 6.45) is 11.1. The molecule has 1 nitrogen and oxygen atoms in total. The maximum atomic E-state index is 13.1. The standard InChI is InChI=1S/C26H26O/c1-3-18-12-13-25(19(4-2)14-18)26(27)17-22-10-7-11-24(22)23-15-20-8-5-6-9-21(20)16-23/h5-6,8-15H,3-4,7,16-17H2,1-2H3. The van der Waals surface area contributed by atoms with Gasteiger partial charge >= 0.3 is 0 Å². The van der Waals surface area contributed by atoms with Crippen molar-refractivity contribution in [3.63, 3.8) is 0 Å². The van der Waals surface area contributed by atoms with Crippen molar-refractivity contribution >= 4 is 11.9 Å². The molecule has 0 heterocycles. The zero-order chi connectivity index (χ0) is 18.8. The summed E-state index contributed by atoms with van der Waals surface area (Å²) in [5.74, 6) is 0.240. The molecule has 0 amide bonds. The van der Waals surface area contributed by atoms with Gasteiger partial charge in [0.25, 0.3) is 0 Å². The van der Waals surface area contributed by atoms with Crippen molar-refractivity contribution in [2.45, 2.75) is 46.0 Å². The predicted octanol–water partition coefficient (Wildman–Crippen LogP) is 6.28. The number of aryl methyl sites for hydroxylation is 2. The van der Waals surface area contributed by atoms with Gasteiger partial charge < -0.3 is 0 Å². The van der Waals surface area contributed by atoms with E-state index in [0.29, 0.717) is 6.42 Å². The molecule has 1 heteroatoms. The summed E-state index contributed by atoms with van der Waals surface area (Å²) >= 11 is 0. The Balaban J connectivity index is 1.54. The van der Waals surface area contributed by atoms with E-state index in [1.54, 1.807) is 0 Å². The van der Waals surface area contributed by atoms with E-state index in [9.17, 15) is 4.79 Å². The SMILES string of the molecule is CCc1ccc(C(=O)CC2=CCC=C2C2=Cc3ccccc3C2)c(CC)c1. The Hall–Kier alpha value is -2.67. The van der Waals surface area contributed by atoms with Gasteiger partial charge in [0.2, 0.25) is 0 Å². The Kier molecular flexibility index (Phi) is 4.94. The molecule has 0 aliphatic heterocycles. The molecule has 0 spiro atoms. The van der Waals surface area contributed by atoms with Gasteiger partial charge in [-0.15, -0.1) is 0 Å². The fraction of sp³-hybridized carbons (Fsp3) is 0.269. The number of hydrogen-bond donors (Lipinski definition) is 0. The average molecular weight is 354 g/mol. The lowest BCUT2D eigenvalue weighted by atomic mass is 9.91. The van der Waals surface area contributed by atoms with E-state index in [4.69, 9.17) is 0 Å². The van der Waals surface area contributed by atoms with Crippen molar-refractivity contribution in [2.75, 3.05) is 0 Å². The Bertz CT molecular complexity index is 985. The van der Waals surface area contributed by atoms with Crippen molar-refractivity contribution < 1.29 is 4.79 Å². The zero-order valence-electron chi connectivity index (χ0n) is 16.2. The quantitative estimate of drug-likeness (QED) is 0.558. The third-order valence-corrected chi connectivity index (χ3v) is 5.75. The van der Waals surface area contributed by atoms with Crippen molar-refractivity contribution in [1.82, 2.24) is 0 Å². The zero-order valence-corrected chi connectivity index (χ0v) is 16.2. The summed E-state index contributed by atoms with van der Waals surface area (Å²) in [5.41, 5.74) is 9.90. The lowest BCUT2D eigenvalue weighted by Gasteiger charge is -2.12. The first-order valence-electron chi connectivity index (χ1n) is 10.0. The van der Waals surface area contributed by atoms with Crippen LogP contribution in [0.25, 0.3) is 6.08 Å². The molecule has 0 aromatic heterocycles. The average Bonchev–Trinajstić information content (AvgIpc) is 3.33. The fourth-order valence-electron chi connectivity index (χ4n) is 4.22. The van der Waals surface area contributed by atoms with Gasteiger partial charge in [-0.2, -0.15) is 0 Å². The van der Waals surface area contributed by atoms with Crippen molar-refractivity contribution in [2.24, 2.45) is 0 Å². The van der Waals surface area contributed by atoms with Gasteiger partial charge in [-0.1, -0.05) is 74.5 Å². The topological polar surface area (TPSA) is 17.1 Å². The fourth-order valence-corrected chi connectivity index (χ4v) is 4.22. The van der Waals surface area contributed by atoms with E-state index >= 15 is 0 Å². The molecule has 0 atom stereocenters. The Morgan fingerprint density at radius 1 is 1.00 bits per heavy atom. The molecular formula is C26H26O. The van der Waals surface area contributed by atoms with Crippen LogP contribution in [0, 0.1) is 0 Å². The molecule has 0 N–H and O–H groups in total. The monoisotopic (exact) mass is 354 g/mol. The molecule has 0 saturated carbocycles. The van der Waals surface area contributed by atoms with Gasteiger partial charge in [0, 0.05) is 12.0 Å². The lowest BCUT2D eigenvalue weighted by Crippen LogP contribution is -2.07. The molecule has 136 valence electrons. The smallest absolute Gasteiger partial charge is 0.167 e. The van der Waals surface area contributed by atoms with Crippen LogP contribution in [0.1, 0.15) is 59.3 Å². The molecule has 4 rings (SSSR count). The highest BCUT2D eigenvalue weighted by atomic mass is 16.1. The third-order valence-electron chi connectivity index (χ3n) is 5.75. The highest BCUT2D eigenvalue weighted by Crippen LogP contribution is 2.37. The summed E-state index contributed by atoms with van der Waals surface area (Å²) < 4.78 is 0. The second kappa shape index (κ2) is 7.52. The van der Waals surface area contributed by atoms with Crippen molar-refractivity contribution in [1.29, 1.82) is 0 Å². The first kappa shape index (κ1) is 17.7. The third kappa shape index (κ3) is 3.47. The van der Waals surface area contributed by atoms with E-state index in [1.165, 1.54) is 39.0 Å². The molecule has 27 heavy (non-hydrogen) atoms. The Morgan fingerprint density at radius 2 is 1.85 bits per heavy atom. The van der Waals surface area contributed by atoms with Gasteiger partial charge in [-0.3, -0.25) is 4.79 Å². The van der Waals surface area contributed by atoms with E-state index in [-0.39, 0.29) is 5.78 Å². The van der Waals surface area contributed by atoms with Gasteiger partial charge in [0.1, 0.15) is 0 Å². The number of benzene rings is 2. The molecule has 0 fully saturated rings. The minimum Gasteiger partial charge on any atom is -0.294 e. The number of allylic oxidation sites excluding steroid dienone is 5. The molecular weight excluding hydrogens is 328 g/mol. The number of Topliss-reactive ketones (excluding diaryl/α,β-unsaturated/α-hetero) is 1. The molecule has 0 saturated heterocycles. The van der Waals surface area contributed by atoms with Crippen LogP contribution in [0.3, 0.4) is 0 Å². The summed E-state index contributed by atoms with van der Waals surface area (Å²) in [6, 6.07) is 14.9. The second-order valence-corrected chi connectivity index (χ2v) is 7.43. The molecule has 2 aromatic rings. The van der Waals surface area contributed by atoms with Crippen LogP contribution in [0.2, 0.25) is 0 Å². The second-order valence-electron chi connectivity index (χ2n) is 7.43. The Labute approximate surface area is 162 Å². The highest BCUT2D eigenvalue weighted by molar-refractivity contribution is 6.00. The van der Waals surface area contributed by atoms with Gasteiger partial charge in [-0.25, -0.2) is 0 Å². The van der Waals surface area contributed by atoms with Crippen molar-refractivity contribution in [3.8, 4) is 0 Å². The maximum Gasteiger partial charge on any atom is 0.167 e. The minimum atomic E-state index is 0.240. The minimum absolute atomic E-state index is 0.240. The van der Waals surface area contributed by atoms with Gasteiger partial charge in [-0.05, 0) is 64.7 Å². The molecule has 2 aliphatic rings. The van der Waals surface area contributed by atoms with Crippen molar-refractivity contribution in [3.05, 3.63) is 99.2 Å². The van der Waals surface area contributed by atoms with E-state index in [0.717, 1.165) is 31.2 Å². The first-order chi connectivity index (χ1) is 13.2. The number of carbonyl (C=O) groups excluding carboxylic acids is 1. The van der Waals surface area contributed by atoms with E-state index < -0.39 is 0 Å². The Morgan fingerprint density at radius 3 is 2.63 bits per heavy atom. The molecule has 2 aromatic carbocycles. The number of carbonyl (C=O) groups is 1. The van der Waals surface area contributed by atoms with Crippen LogP contribution in [0.5, 0.6) is 0 Å². The molecule has 0 radical (unpaired) electrons. The van der Waals surface area contributed by atoms with Crippen LogP contribution in [-0.4, -0.2) is 5.78 Å². The van der Waals surface area contributed by atoms with Crippen LogP contribution in [-0.2, 0) is 19.3 Å². The number of rotatable bonds is 6. The van der Waals surface area contributed by atoms with Crippen LogP contribution >= 0.6 is 0 Å². The molecule has 2 aliphatic carbocycles. The van der Waals surface area contributed by atoms with Crippen LogP contribution in [0.15, 0.2) is 71.3 Å². The summed E-state index contributed by atoms with van der Waals surface area (Å²) in [7, 11) is 0. The predicted molar refractivity (Wildman–Crippen MR) is 113 cm³/mol. The maximum absolute atomic E-state index is 13.1. The largest absolute Gasteiger partial charge is 0.294 e. The number of fused-ring (bicyclic) bond motifs is 1. The highest BCUT2D eigenvalue weighted by Gasteiger charge is 2.22. The lowest BCUT2D eigenvalue weighted by molar-refractivity contribution is 0.0992. The molecule has 0 bridgehead atoms. The summed E-state index contributed by atoms with van der Waals surface area (Å²) in [4.78, 5) is 13.1. The first-order valence-corrected chi connectivity index (χ1v) is 10.0. The van der Waals surface area contributed by atoms with E-state index in [2.05, 4.69) is 68.5 Å². The van der Waals surface area contributed by atoms with Gasteiger partial charge in [0.05, 0.1) is 0 Å². The normalized spacial score (nSPS) is 15.3. The number of ketones is 1. The summed E-state index contributed by atoms with van der Waals surface area (Å²) in [6.45, 7) is 4.29. The van der Waals surface area contributed by atoms with Gasteiger partial charge in [0.15, 0.2) is 5.78 Å². The number of hydrogen-bond acceptors (Lipinski definition) is 1. The van der Waals surface area contributed by atoms with Crippen LogP contribution in [0.4, 0.5) is 0 Å². The summed E-state index contributed by atoms with van der Waals surface area (Å²) in [5, 5.41) is 0.